The monoisotopic (exact) mass is 687 g/mol. The summed E-state index contributed by atoms with van der Waals surface area (Å²) in [7, 11) is 0. The van der Waals surface area contributed by atoms with E-state index in [0.717, 1.165) is 24.4 Å². The SMILES string of the molecule is C=C(CCCCCCCCCCCCCCCCCCCCCC)OC(=C)CCCCCCCCCCCCCCCCCCCCCC. The predicted molar refractivity (Wildman–Crippen MR) is 225 cm³/mol. The number of unbranched alkanes of at least 4 members (excludes halogenated alkanes) is 38. The van der Waals surface area contributed by atoms with Crippen LogP contribution in [0.1, 0.15) is 284 Å². The molecule has 0 bridgehead atoms. The number of allylic oxidation sites excluding steroid dienone is 2. The van der Waals surface area contributed by atoms with E-state index in [0.29, 0.717) is 0 Å². The zero-order valence-electron chi connectivity index (χ0n) is 34.5. The lowest BCUT2D eigenvalue weighted by molar-refractivity contribution is 0.274. The summed E-state index contributed by atoms with van der Waals surface area (Å²) in [5.74, 6) is 1.86. The summed E-state index contributed by atoms with van der Waals surface area (Å²) >= 11 is 0. The Hall–Kier alpha value is -0.720. The second kappa shape index (κ2) is 43.4. The topological polar surface area (TPSA) is 9.23 Å². The van der Waals surface area contributed by atoms with Gasteiger partial charge in [-0.1, -0.05) is 271 Å². The summed E-state index contributed by atoms with van der Waals surface area (Å²) in [5.41, 5.74) is 0. The summed E-state index contributed by atoms with van der Waals surface area (Å²) < 4.78 is 5.94. The molecule has 0 aliphatic heterocycles. The first-order chi connectivity index (χ1) is 24.2. The lowest BCUT2D eigenvalue weighted by atomic mass is 10.0. The lowest BCUT2D eigenvalue weighted by Crippen LogP contribution is -1.93. The number of ether oxygens (including phenoxy) is 1. The summed E-state index contributed by atoms with van der Waals surface area (Å²) in [6, 6.07) is 0. The molecule has 0 spiro atoms. The minimum Gasteiger partial charge on any atom is -0.467 e. The minimum absolute atomic E-state index is 0.931. The van der Waals surface area contributed by atoms with Gasteiger partial charge in [0.15, 0.2) is 0 Å². The second-order valence-corrected chi connectivity index (χ2v) is 16.1. The van der Waals surface area contributed by atoms with Crippen LogP contribution in [0.3, 0.4) is 0 Å². The summed E-state index contributed by atoms with van der Waals surface area (Å²) in [6.45, 7) is 12.9. The normalized spacial score (nSPS) is 11.4. The molecule has 0 fully saturated rings. The average Bonchev–Trinajstić information content (AvgIpc) is 3.10. The molecule has 0 aromatic rings. The molecule has 0 N–H and O–H groups in total. The molecule has 0 aliphatic rings. The van der Waals surface area contributed by atoms with Crippen LogP contribution in [0.2, 0.25) is 0 Å². The van der Waals surface area contributed by atoms with Gasteiger partial charge in [-0.05, 0) is 12.8 Å². The maximum atomic E-state index is 5.94. The first-order valence-electron chi connectivity index (χ1n) is 23.2. The standard InChI is InChI=1S/C48H94O/c1-5-7-9-11-13-15-17-19-21-23-25-27-29-31-33-35-37-39-41-43-45-47(3)49-48(4)46-44-42-40-38-36-34-32-30-28-26-24-22-20-18-16-14-12-10-8-6-2/h3-46H2,1-2H3. The van der Waals surface area contributed by atoms with Crippen molar-refractivity contribution >= 4 is 0 Å². The molecule has 0 aromatic heterocycles. The van der Waals surface area contributed by atoms with E-state index in [2.05, 4.69) is 27.0 Å². The van der Waals surface area contributed by atoms with Crippen molar-refractivity contribution in [2.75, 3.05) is 0 Å². The van der Waals surface area contributed by atoms with Crippen molar-refractivity contribution in [2.24, 2.45) is 0 Å². The van der Waals surface area contributed by atoms with Crippen molar-refractivity contribution in [1.82, 2.24) is 0 Å². The summed E-state index contributed by atoms with van der Waals surface area (Å²) in [5, 5.41) is 0. The molecule has 0 radical (unpaired) electrons. The molecule has 0 saturated heterocycles. The van der Waals surface area contributed by atoms with Gasteiger partial charge in [0.25, 0.3) is 0 Å². The molecule has 1 nitrogen and oxygen atoms in total. The van der Waals surface area contributed by atoms with Crippen molar-refractivity contribution in [1.29, 1.82) is 0 Å². The third-order valence-electron chi connectivity index (χ3n) is 10.9. The maximum Gasteiger partial charge on any atom is 0.0964 e. The van der Waals surface area contributed by atoms with Crippen molar-refractivity contribution in [2.45, 2.75) is 284 Å². The molecule has 0 saturated carbocycles. The molecule has 1 heteroatoms. The van der Waals surface area contributed by atoms with Gasteiger partial charge in [-0.15, -0.1) is 0 Å². The van der Waals surface area contributed by atoms with Gasteiger partial charge in [-0.25, -0.2) is 0 Å². The van der Waals surface area contributed by atoms with Crippen LogP contribution in [0.15, 0.2) is 24.7 Å². The first kappa shape index (κ1) is 48.3. The Labute approximate surface area is 312 Å². The van der Waals surface area contributed by atoms with Crippen molar-refractivity contribution in [3.05, 3.63) is 24.7 Å². The molecule has 0 amide bonds. The highest BCUT2D eigenvalue weighted by Crippen LogP contribution is 2.20. The summed E-state index contributed by atoms with van der Waals surface area (Å²) in [4.78, 5) is 0. The van der Waals surface area contributed by atoms with Crippen LogP contribution in [0.5, 0.6) is 0 Å². The van der Waals surface area contributed by atoms with Gasteiger partial charge in [-0.3, -0.25) is 0 Å². The highest BCUT2D eigenvalue weighted by molar-refractivity contribution is 4.93. The van der Waals surface area contributed by atoms with E-state index in [9.17, 15) is 0 Å². The fraction of sp³-hybridized carbons (Fsp3) is 0.917. The van der Waals surface area contributed by atoms with Crippen LogP contribution in [-0.4, -0.2) is 0 Å². The molecular formula is C48H94O. The molecule has 292 valence electrons. The quantitative estimate of drug-likeness (QED) is 0.0458. The van der Waals surface area contributed by atoms with Crippen molar-refractivity contribution in [3.8, 4) is 0 Å². The van der Waals surface area contributed by atoms with E-state index in [4.69, 9.17) is 4.74 Å². The molecule has 0 aromatic carbocycles. The van der Waals surface area contributed by atoms with Gasteiger partial charge in [0.2, 0.25) is 0 Å². The second-order valence-electron chi connectivity index (χ2n) is 16.1. The molecular weight excluding hydrogens is 593 g/mol. The van der Waals surface area contributed by atoms with E-state index in [1.807, 2.05) is 0 Å². The van der Waals surface area contributed by atoms with Gasteiger partial charge in [0.05, 0.1) is 11.5 Å². The highest BCUT2D eigenvalue weighted by atomic mass is 16.5. The number of rotatable bonds is 44. The van der Waals surface area contributed by atoms with Gasteiger partial charge in [-0.2, -0.15) is 0 Å². The Morgan fingerprint density at radius 3 is 0.551 bits per heavy atom. The molecule has 0 aliphatic carbocycles. The van der Waals surface area contributed by atoms with Crippen molar-refractivity contribution < 1.29 is 4.74 Å². The Kier molecular flexibility index (Phi) is 42.8. The van der Waals surface area contributed by atoms with Gasteiger partial charge in [0, 0.05) is 12.8 Å². The van der Waals surface area contributed by atoms with E-state index in [1.165, 1.54) is 257 Å². The molecule has 0 unspecified atom stereocenters. The van der Waals surface area contributed by atoms with Gasteiger partial charge in [0.1, 0.15) is 0 Å². The third kappa shape index (κ3) is 43.4. The molecule has 0 rings (SSSR count). The van der Waals surface area contributed by atoms with Crippen LogP contribution >= 0.6 is 0 Å². The Morgan fingerprint density at radius 2 is 0.388 bits per heavy atom. The average molecular weight is 687 g/mol. The van der Waals surface area contributed by atoms with Crippen molar-refractivity contribution in [3.63, 3.8) is 0 Å². The van der Waals surface area contributed by atoms with Crippen LogP contribution in [0.25, 0.3) is 0 Å². The third-order valence-corrected chi connectivity index (χ3v) is 10.9. The number of hydrogen-bond donors (Lipinski definition) is 0. The Balaban J connectivity index is 3.25. The molecule has 0 atom stereocenters. The Bertz CT molecular complexity index is 581. The fourth-order valence-electron chi connectivity index (χ4n) is 7.46. The van der Waals surface area contributed by atoms with Gasteiger partial charge >= 0.3 is 0 Å². The largest absolute Gasteiger partial charge is 0.467 e. The van der Waals surface area contributed by atoms with Crippen LogP contribution in [0, 0.1) is 0 Å². The minimum atomic E-state index is 0.931. The fourth-order valence-corrected chi connectivity index (χ4v) is 7.46. The van der Waals surface area contributed by atoms with E-state index < -0.39 is 0 Å². The van der Waals surface area contributed by atoms with E-state index in [1.54, 1.807) is 0 Å². The van der Waals surface area contributed by atoms with E-state index >= 15 is 0 Å². The molecule has 0 heterocycles. The lowest BCUT2D eigenvalue weighted by Gasteiger charge is -2.11. The van der Waals surface area contributed by atoms with E-state index in [-0.39, 0.29) is 0 Å². The zero-order valence-corrected chi connectivity index (χ0v) is 34.5. The number of hydrogen-bond acceptors (Lipinski definition) is 1. The smallest absolute Gasteiger partial charge is 0.0964 e. The zero-order chi connectivity index (χ0) is 35.6. The Morgan fingerprint density at radius 1 is 0.245 bits per heavy atom. The first-order valence-corrected chi connectivity index (χ1v) is 23.2. The predicted octanol–water partition coefficient (Wildman–Crippen LogP) is 18.5. The van der Waals surface area contributed by atoms with Gasteiger partial charge < -0.3 is 4.74 Å². The maximum absolute atomic E-state index is 5.94. The highest BCUT2D eigenvalue weighted by Gasteiger charge is 2.02. The van der Waals surface area contributed by atoms with Crippen LogP contribution in [0.4, 0.5) is 0 Å². The van der Waals surface area contributed by atoms with Crippen LogP contribution in [-0.2, 0) is 4.74 Å². The summed E-state index contributed by atoms with van der Waals surface area (Å²) in [6.07, 6.45) is 59.1. The van der Waals surface area contributed by atoms with Crippen LogP contribution < -0.4 is 0 Å². The molecule has 49 heavy (non-hydrogen) atoms.